The number of nitrogens with zero attached hydrogens (tertiary/aromatic N) is 3. The van der Waals surface area contributed by atoms with Crippen LogP contribution in [0.4, 0.5) is 14.6 Å². The van der Waals surface area contributed by atoms with Gasteiger partial charge in [0.2, 0.25) is 0 Å². The van der Waals surface area contributed by atoms with Gasteiger partial charge >= 0.3 is 0 Å². The second-order valence-corrected chi connectivity index (χ2v) is 4.51. The molecule has 0 spiro atoms. The Kier molecular flexibility index (Phi) is 2.85. The summed E-state index contributed by atoms with van der Waals surface area (Å²) in [5.74, 6) is -1.05. The predicted octanol–water partition coefficient (Wildman–Crippen LogP) is 2.08. The Morgan fingerprint density at radius 3 is 2.37 bits per heavy atom. The molecule has 0 atom stereocenters. The molecule has 0 saturated carbocycles. The van der Waals surface area contributed by atoms with Gasteiger partial charge in [0.25, 0.3) is 0 Å². The molecule has 2 heterocycles. The number of benzene rings is 1. The lowest BCUT2D eigenvalue weighted by molar-refractivity contribution is -0.119. The van der Waals surface area contributed by atoms with Crippen LogP contribution in [0.2, 0.25) is 0 Å². The van der Waals surface area contributed by atoms with Crippen LogP contribution in [-0.4, -0.2) is 28.8 Å². The van der Waals surface area contributed by atoms with Gasteiger partial charge in [-0.05, 0) is 0 Å². The maximum atomic E-state index is 13.2. The first kappa shape index (κ1) is 12.0. The largest absolute Gasteiger partial charge is 0.354 e. The smallest absolute Gasteiger partial charge is 0.161 e. The second kappa shape index (κ2) is 4.53. The van der Waals surface area contributed by atoms with E-state index in [1.807, 2.05) is 4.90 Å². The van der Waals surface area contributed by atoms with E-state index in [4.69, 9.17) is 0 Å². The predicted molar refractivity (Wildman–Crippen MR) is 65.9 cm³/mol. The van der Waals surface area contributed by atoms with E-state index in [0.717, 1.165) is 12.1 Å². The van der Waals surface area contributed by atoms with Crippen molar-refractivity contribution < 1.29 is 13.6 Å². The Morgan fingerprint density at radius 2 is 1.68 bits per heavy atom. The molecule has 0 unspecified atom stereocenters. The number of halogens is 2. The number of fused-ring (bicyclic) bond motifs is 1. The van der Waals surface area contributed by atoms with E-state index >= 15 is 0 Å². The third kappa shape index (κ3) is 2.25. The fourth-order valence-electron chi connectivity index (χ4n) is 2.14. The number of anilines is 1. The van der Waals surface area contributed by atoms with Crippen molar-refractivity contribution in [1.29, 1.82) is 0 Å². The average Bonchev–Trinajstić information content (AvgIpc) is 2.40. The molecule has 0 amide bonds. The molecule has 2 aromatic rings. The van der Waals surface area contributed by atoms with Gasteiger partial charge in [-0.3, -0.25) is 9.78 Å². The van der Waals surface area contributed by atoms with Gasteiger partial charge in [0.15, 0.2) is 11.6 Å². The van der Waals surface area contributed by atoms with Crippen LogP contribution < -0.4 is 4.90 Å². The van der Waals surface area contributed by atoms with Gasteiger partial charge in [0.1, 0.15) is 11.6 Å². The van der Waals surface area contributed by atoms with E-state index in [1.165, 1.54) is 6.20 Å². The number of hydrogen-bond donors (Lipinski definition) is 0. The number of carbonyl (C=O) groups is 1. The van der Waals surface area contributed by atoms with Crippen molar-refractivity contribution >= 4 is 22.6 Å². The number of rotatable bonds is 1. The van der Waals surface area contributed by atoms with Crippen LogP contribution in [0.3, 0.4) is 0 Å². The topological polar surface area (TPSA) is 46.1 Å². The number of hydrogen-bond acceptors (Lipinski definition) is 4. The van der Waals surface area contributed by atoms with Crippen LogP contribution in [0.25, 0.3) is 11.0 Å². The molecule has 6 heteroatoms. The normalized spacial score (nSPS) is 16.1. The quantitative estimate of drug-likeness (QED) is 0.790. The monoisotopic (exact) mass is 263 g/mol. The minimum Gasteiger partial charge on any atom is -0.354 e. The van der Waals surface area contributed by atoms with Crippen LogP contribution in [-0.2, 0) is 4.79 Å². The molecule has 3 rings (SSSR count). The zero-order valence-electron chi connectivity index (χ0n) is 10.1. The molecule has 0 aliphatic carbocycles. The molecular weight excluding hydrogens is 252 g/mol. The molecule has 1 aromatic heterocycles. The van der Waals surface area contributed by atoms with Crippen LogP contribution in [0, 0.1) is 11.6 Å². The molecule has 1 fully saturated rings. The van der Waals surface area contributed by atoms with Crippen LogP contribution in [0.15, 0.2) is 18.3 Å². The highest BCUT2D eigenvalue weighted by Crippen LogP contribution is 2.20. The van der Waals surface area contributed by atoms with E-state index in [2.05, 4.69) is 9.97 Å². The summed E-state index contributed by atoms with van der Waals surface area (Å²) in [6.45, 7) is 1.17. The molecule has 98 valence electrons. The van der Waals surface area contributed by atoms with Crippen molar-refractivity contribution in [2.45, 2.75) is 12.8 Å². The van der Waals surface area contributed by atoms with Gasteiger partial charge < -0.3 is 4.90 Å². The summed E-state index contributed by atoms with van der Waals surface area (Å²) in [4.78, 5) is 21.5. The Bertz CT molecular complexity index is 650. The Morgan fingerprint density at radius 1 is 1.05 bits per heavy atom. The average molecular weight is 263 g/mol. The van der Waals surface area contributed by atoms with E-state index < -0.39 is 11.6 Å². The number of aromatic nitrogens is 2. The zero-order chi connectivity index (χ0) is 13.4. The van der Waals surface area contributed by atoms with E-state index in [-0.39, 0.29) is 5.78 Å². The maximum absolute atomic E-state index is 13.2. The highest BCUT2D eigenvalue weighted by atomic mass is 19.2. The summed E-state index contributed by atoms with van der Waals surface area (Å²) in [5.41, 5.74) is 0.629. The van der Waals surface area contributed by atoms with Crippen LogP contribution in [0.1, 0.15) is 12.8 Å². The molecule has 0 bridgehead atoms. The standard InChI is InChI=1S/C13H11F2N3O/c14-9-5-11-12(6-10(9)15)17-13(7-16-11)18-3-1-8(19)2-4-18/h5-7H,1-4H2. The summed E-state index contributed by atoms with van der Waals surface area (Å²) in [6, 6.07) is 2.07. The molecule has 1 aliphatic heterocycles. The summed E-state index contributed by atoms with van der Waals surface area (Å²) in [7, 11) is 0. The first-order valence-corrected chi connectivity index (χ1v) is 6.02. The van der Waals surface area contributed by atoms with Gasteiger partial charge in [-0.2, -0.15) is 0 Å². The lowest BCUT2D eigenvalue weighted by atomic mass is 10.1. The lowest BCUT2D eigenvalue weighted by Gasteiger charge is -2.26. The summed E-state index contributed by atoms with van der Waals surface area (Å²) in [6.07, 6.45) is 2.49. The molecule has 0 radical (unpaired) electrons. The van der Waals surface area contributed by atoms with Crippen molar-refractivity contribution in [2.75, 3.05) is 18.0 Å². The number of ketones is 1. The number of piperidine rings is 1. The fourth-order valence-corrected chi connectivity index (χ4v) is 2.14. The zero-order valence-corrected chi connectivity index (χ0v) is 10.1. The van der Waals surface area contributed by atoms with Crippen molar-refractivity contribution in [1.82, 2.24) is 9.97 Å². The molecule has 1 aromatic carbocycles. The molecule has 1 saturated heterocycles. The summed E-state index contributed by atoms with van der Waals surface area (Å²) in [5, 5.41) is 0. The van der Waals surface area contributed by atoms with E-state index in [9.17, 15) is 13.6 Å². The lowest BCUT2D eigenvalue weighted by Crippen LogP contribution is -2.34. The SMILES string of the molecule is O=C1CCN(c2cnc3cc(F)c(F)cc3n2)CC1. The first-order chi connectivity index (χ1) is 9.13. The highest BCUT2D eigenvalue weighted by molar-refractivity contribution is 5.81. The first-order valence-electron chi connectivity index (χ1n) is 6.02. The van der Waals surface area contributed by atoms with Crippen molar-refractivity contribution in [3.63, 3.8) is 0 Å². The van der Waals surface area contributed by atoms with Crippen LogP contribution in [0.5, 0.6) is 0 Å². The third-order valence-electron chi connectivity index (χ3n) is 3.22. The molecule has 4 nitrogen and oxygen atoms in total. The number of carbonyl (C=O) groups excluding carboxylic acids is 1. The second-order valence-electron chi connectivity index (χ2n) is 4.51. The van der Waals surface area contributed by atoms with Crippen molar-refractivity contribution in [3.05, 3.63) is 30.0 Å². The van der Waals surface area contributed by atoms with Crippen LogP contribution >= 0.6 is 0 Å². The van der Waals surface area contributed by atoms with Crippen molar-refractivity contribution in [2.24, 2.45) is 0 Å². The third-order valence-corrected chi connectivity index (χ3v) is 3.22. The highest BCUT2D eigenvalue weighted by Gasteiger charge is 2.18. The molecule has 19 heavy (non-hydrogen) atoms. The number of Topliss-reactive ketones (excluding diaryl/α,β-unsaturated/α-hetero) is 1. The van der Waals surface area contributed by atoms with Gasteiger partial charge in [0, 0.05) is 38.1 Å². The Labute approximate surface area is 108 Å². The Hall–Kier alpha value is -2.11. The molecular formula is C13H11F2N3O. The van der Waals surface area contributed by atoms with Gasteiger partial charge in [-0.1, -0.05) is 0 Å². The minimum atomic E-state index is -0.937. The van der Waals surface area contributed by atoms with Gasteiger partial charge in [-0.15, -0.1) is 0 Å². The van der Waals surface area contributed by atoms with Gasteiger partial charge in [-0.25, -0.2) is 13.8 Å². The summed E-state index contributed by atoms with van der Waals surface area (Å²) < 4.78 is 26.2. The van der Waals surface area contributed by atoms with E-state index in [1.54, 1.807) is 0 Å². The van der Waals surface area contributed by atoms with Crippen molar-refractivity contribution in [3.8, 4) is 0 Å². The molecule has 1 aliphatic rings. The van der Waals surface area contributed by atoms with Gasteiger partial charge in [0.05, 0.1) is 17.2 Å². The maximum Gasteiger partial charge on any atom is 0.161 e. The molecule has 0 N–H and O–H groups in total. The fraction of sp³-hybridized carbons (Fsp3) is 0.308. The minimum absolute atomic E-state index is 0.234. The summed E-state index contributed by atoms with van der Waals surface area (Å²) >= 11 is 0. The van der Waals surface area contributed by atoms with E-state index in [0.29, 0.717) is 42.8 Å². The Balaban J connectivity index is 1.97.